The van der Waals surface area contributed by atoms with Gasteiger partial charge in [0.1, 0.15) is 6.61 Å². The molecule has 7 nitrogen and oxygen atoms in total. The largest absolute Gasteiger partial charge is 0.377 e. The van der Waals surface area contributed by atoms with E-state index in [1.54, 1.807) is 32.2 Å². The number of rotatable bonds is 4. The Bertz CT molecular complexity index is 816. The Kier molecular flexibility index (Phi) is 4.22. The molecule has 124 valence electrons. The summed E-state index contributed by atoms with van der Waals surface area (Å²) < 4.78 is 34.6. The Labute approximate surface area is 135 Å². The Morgan fingerprint density at radius 2 is 2.00 bits per heavy atom. The summed E-state index contributed by atoms with van der Waals surface area (Å²) in [5.41, 5.74) is 0.742. The van der Waals surface area contributed by atoms with E-state index in [4.69, 9.17) is 4.74 Å². The molecule has 1 aliphatic heterocycles. The minimum absolute atomic E-state index is 0.344. The highest BCUT2D eigenvalue weighted by Gasteiger charge is 2.36. The molecule has 0 saturated carbocycles. The van der Waals surface area contributed by atoms with E-state index in [9.17, 15) is 8.42 Å². The van der Waals surface area contributed by atoms with Crippen LogP contribution in [-0.4, -0.2) is 41.1 Å². The first-order valence-electron chi connectivity index (χ1n) is 7.45. The number of hydrogen-bond donors (Lipinski definition) is 0. The zero-order valence-corrected chi connectivity index (χ0v) is 14.2. The summed E-state index contributed by atoms with van der Waals surface area (Å²) in [6.45, 7) is 4.92. The van der Waals surface area contributed by atoms with Crippen molar-refractivity contribution < 1.29 is 13.2 Å². The third-order valence-electron chi connectivity index (χ3n) is 4.16. The van der Waals surface area contributed by atoms with Crippen LogP contribution in [0.5, 0.6) is 0 Å². The van der Waals surface area contributed by atoms with E-state index in [0.29, 0.717) is 30.4 Å². The molecule has 2 aromatic rings. The van der Waals surface area contributed by atoms with Gasteiger partial charge in [0, 0.05) is 20.2 Å². The van der Waals surface area contributed by atoms with Gasteiger partial charge in [-0.3, -0.25) is 0 Å². The highest BCUT2D eigenvalue weighted by molar-refractivity contribution is 7.89. The zero-order valence-electron chi connectivity index (χ0n) is 13.4. The van der Waals surface area contributed by atoms with Crippen molar-refractivity contribution in [3.8, 4) is 0 Å². The quantitative estimate of drug-likeness (QED) is 0.845. The molecule has 0 aliphatic carbocycles. The predicted molar refractivity (Wildman–Crippen MR) is 84.2 cm³/mol. The van der Waals surface area contributed by atoms with Gasteiger partial charge in [0.2, 0.25) is 10.0 Å². The van der Waals surface area contributed by atoms with Crippen LogP contribution in [-0.2, 0) is 27.9 Å². The molecule has 0 N–H and O–H groups in total. The van der Waals surface area contributed by atoms with Crippen LogP contribution < -0.4 is 0 Å². The summed E-state index contributed by atoms with van der Waals surface area (Å²) in [7, 11) is -1.97. The molecular weight excluding hydrogens is 316 g/mol. The predicted octanol–water partition coefficient (Wildman–Crippen LogP) is 1.50. The molecule has 2 heterocycles. The van der Waals surface area contributed by atoms with Crippen LogP contribution in [0.2, 0.25) is 0 Å². The average molecular weight is 336 g/mol. The fourth-order valence-electron chi connectivity index (χ4n) is 2.96. The number of sulfonamides is 1. The monoisotopic (exact) mass is 336 g/mol. The average Bonchev–Trinajstić information content (AvgIpc) is 2.92. The normalized spacial score (nSPS) is 18.8. The SMILES string of the molecule is COCc1nnc2n1CCN(S(=O)(=O)c1ccccc1C)[C@H]2C. The lowest BCUT2D eigenvalue weighted by atomic mass is 10.2. The van der Waals surface area contributed by atoms with Gasteiger partial charge < -0.3 is 9.30 Å². The lowest BCUT2D eigenvalue weighted by Crippen LogP contribution is -2.41. The van der Waals surface area contributed by atoms with Crippen molar-refractivity contribution in [1.29, 1.82) is 0 Å². The van der Waals surface area contributed by atoms with Crippen LogP contribution in [0.4, 0.5) is 0 Å². The first-order valence-corrected chi connectivity index (χ1v) is 8.89. The molecule has 0 amide bonds. The lowest BCUT2D eigenvalue weighted by molar-refractivity contribution is 0.170. The zero-order chi connectivity index (χ0) is 16.6. The summed E-state index contributed by atoms with van der Waals surface area (Å²) in [6, 6.07) is 6.66. The lowest BCUT2D eigenvalue weighted by Gasteiger charge is -2.33. The first-order chi connectivity index (χ1) is 11.0. The van der Waals surface area contributed by atoms with Gasteiger partial charge >= 0.3 is 0 Å². The maximum atomic E-state index is 13.0. The summed E-state index contributed by atoms with van der Waals surface area (Å²) in [6.07, 6.45) is 0. The molecular formula is C15H20N4O3S. The van der Waals surface area contributed by atoms with Crippen LogP contribution in [0.3, 0.4) is 0 Å². The summed E-state index contributed by atoms with van der Waals surface area (Å²) in [4.78, 5) is 0.344. The minimum Gasteiger partial charge on any atom is -0.377 e. The van der Waals surface area contributed by atoms with Crippen LogP contribution >= 0.6 is 0 Å². The molecule has 0 saturated heterocycles. The van der Waals surface area contributed by atoms with Gasteiger partial charge in [0.05, 0.1) is 10.9 Å². The van der Waals surface area contributed by atoms with Crippen molar-refractivity contribution in [2.24, 2.45) is 0 Å². The Hall–Kier alpha value is -1.77. The molecule has 8 heteroatoms. The Morgan fingerprint density at radius 1 is 1.26 bits per heavy atom. The van der Waals surface area contributed by atoms with E-state index in [0.717, 1.165) is 11.4 Å². The molecule has 0 fully saturated rings. The highest BCUT2D eigenvalue weighted by Crippen LogP contribution is 2.31. The molecule has 0 spiro atoms. The van der Waals surface area contributed by atoms with Crippen LogP contribution in [0.15, 0.2) is 29.2 Å². The second kappa shape index (κ2) is 6.03. The van der Waals surface area contributed by atoms with Crippen molar-refractivity contribution in [1.82, 2.24) is 19.1 Å². The molecule has 0 radical (unpaired) electrons. The third kappa shape index (κ3) is 2.66. The minimum atomic E-state index is -3.57. The van der Waals surface area contributed by atoms with Gasteiger partial charge in [0.25, 0.3) is 0 Å². The van der Waals surface area contributed by atoms with Crippen LogP contribution in [0.25, 0.3) is 0 Å². The van der Waals surface area contributed by atoms with Gasteiger partial charge in [-0.25, -0.2) is 8.42 Å². The molecule has 1 atom stereocenters. The topological polar surface area (TPSA) is 77.3 Å². The summed E-state index contributed by atoms with van der Waals surface area (Å²) in [5.74, 6) is 1.38. The number of aryl methyl sites for hydroxylation is 1. The number of methoxy groups -OCH3 is 1. The standard InChI is InChI=1S/C15H20N4O3S/c1-11-6-4-5-7-13(11)23(20,21)19-9-8-18-14(10-22-3)16-17-15(18)12(19)2/h4-7,12H,8-10H2,1-3H3/t12-/m0/s1. The first kappa shape index (κ1) is 16.1. The number of aromatic nitrogens is 3. The molecule has 1 aliphatic rings. The number of benzene rings is 1. The molecule has 3 rings (SSSR count). The Morgan fingerprint density at radius 3 is 2.70 bits per heavy atom. The fraction of sp³-hybridized carbons (Fsp3) is 0.467. The van der Waals surface area contributed by atoms with Crippen molar-refractivity contribution in [2.75, 3.05) is 13.7 Å². The van der Waals surface area contributed by atoms with E-state index in [-0.39, 0.29) is 6.04 Å². The number of fused-ring (bicyclic) bond motifs is 1. The van der Waals surface area contributed by atoms with Crippen molar-refractivity contribution in [2.45, 2.75) is 37.9 Å². The third-order valence-corrected chi connectivity index (χ3v) is 6.29. The van der Waals surface area contributed by atoms with Crippen molar-refractivity contribution in [3.05, 3.63) is 41.5 Å². The molecule has 0 unspecified atom stereocenters. The van der Waals surface area contributed by atoms with E-state index in [1.165, 1.54) is 4.31 Å². The maximum absolute atomic E-state index is 13.0. The smallest absolute Gasteiger partial charge is 0.244 e. The van der Waals surface area contributed by atoms with Gasteiger partial charge in [-0.15, -0.1) is 10.2 Å². The summed E-state index contributed by atoms with van der Waals surface area (Å²) in [5, 5.41) is 8.27. The molecule has 0 bridgehead atoms. The highest BCUT2D eigenvalue weighted by atomic mass is 32.2. The molecule has 1 aromatic heterocycles. The Balaban J connectivity index is 1.98. The van der Waals surface area contributed by atoms with Gasteiger partial charge in [0.15, 0.2) is 11.6 Å². The van der Waals surface area contributed by atoms with Crippen molar-refractivity contribution in [3.63, 3.8) is 0 Å². The van der Waals surface area contributed by atoms with Gasteiger partial charge in [-0.1, -0.05) is 18.2 Å². The van der Waals surface area contributed by atoms with Crippen molar-refractivity contribution >= 4 is 10.0 Å². The fourth-order valence-corrected chi connectivity index (χ4v) is 4.77. The van der Waals surface area contributed by atoms with Crippen LogP contribution in [0.1, 0.15) is 30.2 Å². The second-order valence-electron chi connectivity index (χ2n) is 5.62. The van der Waals surface area contributed by atoms with E-state index in [2.05, 4.69) is 10.2 Å². The van der Waals surface area contributed by atoms with Crippen LogP contribution in [0, 0.1) is 6.92 Å². The number of ether oxygens (including phenoxy) is 1. The van der Waals surface area contributed by atoms with E-state index in [1.807, 2.05) is 17.6 Å². The van der Waals surface area contributed by atoms with E-state index < -0.39 is 10.0 Å². The molecule has 23 heavy (non-hydrogen) atoms. The van der Waals surface area contributed by atoms with Gasteiger partial charge in [-0.2, -0.15) is 4.31 Å². The van der Waals surface area contributed by atoms with Gasteiger partial charge in [-0.05, 0) is 25.5 Å². The maximum Gasteiger partial charge on any atom is 0.244 e. The second-order valence-corrected chi connectivity index (χ2v) is 7.48. The van der Waals surface area contributed by atoms with E-state index >= 15 is 0 Å². The molecule has 1 aromatic carbocycles. The summed E-state index contributed by atoms with van der Waals surface area (Å²) >= 11 is 0. The number of hydrogen-bond acceptors (Lipinski definition) is 5. The number of nitrogens with zero attached hydrogens (tertiary/aromatic N) is 4.